The fraction of sp³-hybridized carbons (Fsp3) is 0.583. The van der Waals surface area contributed by atoms with Gasteiger partial charge in [-0.3, -0.25) is 0 Å². The van der Waals surface area contributed by atoms with Crippen LogP contribution in [0.3, 0.4) is 0 Å². The first-order chi connectivity index (χ1) is 9.42. The van der Waals surface area contributed by atoms with Crippen molar-refractivity contribution in [3.05, 3.63) is 17.3 Å². The first-order valence-corrected chi connectivity index (χ1v) is 8.40. The molecule has 0 amide bonds. The quantitative estimate of drug-likeness (QED) is 0.549. The first-order valence-electron chi connectivity index (χ1n) is 6.54. The Morgan fingerprint density at radius 1 is 1.50 bits per heavy atom. The van der Waals surface area contributed by atoms with E-state index in [0.29, 0.717) is 6.54 Å². The molecule has 0 atom stereocenters. The summed E-state index contributed by atoms with van der Waals surface area (Å²) in [5.74, 6) is 5.45. The highest BCUT2D eigenvalue weighted by atomic mass is 35.5. The largest absolute Gasteiger partial charge is 0.307 e. The summed E-state index contributed by atoms with van der Waals surface area (Å²) >= 11 is 5.89. The second kappa shape index (κ2) is 5.85. The molecule has 0 spiro atoms. The Kier molecular flexibility index (Phi) is 4.53. The van der Waals surface area contributed by atoms with E-state index in [4.69, 9.17) is 17.4 Å². The van der Waals surface area contributed by atoms with E-state index in [-0.39, 0.29) is 21.2 Å². The van der Waals surface area contributed by atoms with Gasteiger partial charge in [-0.2, -0.15) is 0 Å². The number of hydrogen-bond donors (Lipinski definition) is 3. The molecule has 8 heteroatoms. The number of nitrogen functional groups attached to an aromatic ring is 1. The molecular formula is C12H19ClN4O2S. The average molecular weight is 319 g/mol. The van der Waals surface area contributed by atoms with Gasteiger partial charge in [0.25, 0.3) is 0 Å². The predicted octanol–water partition coefficient (Wildman–Crippen LogP) is 1.88. The van der Waals surface area contributed by atoms with E-state index in [0.717, 1.165) is 19.3 Å². The lowest BCUT2D eigenvalue weighted by atomic mass is 9.67. The predicted molar refractivity (Wildman–Crippen MR) is 78.8 cm³/mol. The Bertz CT molecular complexity index is 582. The topological polar surface area (TPSA) is 97.1 Å². The molecule has 4 N–H and O–H groups in total. The minimum Gasteiger partial charge on any atom is -0.307 e. The summed E-state index contributed by atoms with van der Waals surface area (Å²) in [6, 6.07) is 1.34. The minimum absolute atomic E-state index is 0.0482. The van der Waals surface area contributed by atoms with Gasteiger partial charge < -0.3 is 5.43 Å². The normalized spacial score (nSPS) is 17.6. The Balaban J connectivity index is 2.12. The Labute approximate surface area is 124 Å². The molecule has 1 aliphatic rings. The van der Waals surface area contributed by atoms with Gasteiger partial charge in [0.2, 0.25) is 10.0 Å². The number of rotatable bonds is 6. The van der Waals surface area contributed by atoms with E-state index < -0.39 is 10.0 Å². The fourth-order valence-electron chi connectivity index (χ4n) is 2.34. The van der Waals surface area contributed by atoms with Gasteiger partial charge in [0.05, 0.1) is 5.02 Å². The third-order valence-corrected chi connectivity index (χ3v) is 5.72. The number of pyridine rings is 1. The summed E-state index contributed by atoms with van der Waals surface area (Å²) in [6.45, 7) is 2.55. The van der Waals surface area contributed by atoms with Crippen molar-refractivity contribution in [2.24, 2.45) is 11.3 Å². The molecular weight excluding hydrogens is 300 g/mol. The third kappa shape index (κ3) is 3.06. The third-order valence-electron chi connectivity index (χ3n) is 4.06. The van der Waals surface area contributed by atoms with Crippen LogP contribution < -0.4 is 16.0 Å². The number of nitrogens with zero attached hydrogens (tertiary/aromatic N) is 1. The van der Waals surface area contributed by atoms with Gasteiger partial charge in [-0.25, -0.2) is 24.0 Å². The molecule has 1 heterocycles. The maximum Gasteiger partial charge on any atom is 0.242 e. The number of sulfonamides is 1. The lowest BCUT2D eigenvalue weighted by Gasteiger charge is -2.41. The zero-order chi connectivity index (χ0) is 14.8. The molecule has 0 saturated heterocycles. The van der Waals surface area contributed by atoms with Gasteiger partial charge in [0, 0.05) is 12.7 Å². The second-order valence-corrected chi connectivity index (χ2v) is 7.35. The van der Waals surface area contributed by atoms with Crippen LogP contribution >= 0.6 is 11.6 Å². The number of halogens is 1. The summed E-state index contributed by atoms with van der Waals surface area (Å²) in [5.41, 5.74) is 2.41. The molecule has 1 fully saturated rings. The molecule has 20 heavy (non-hydrogen) atoms. The molecule has 0 radical (unpaired) electrons. The van der Waals surface area contributed by atoms with E-state index >= 15 is 0 Å². The highest BCUT2D eigenvalue weighted by Crippen LogP contribution is 2.43. The van der Waals surface area contributed by atoms with Crippen molar-refractivity contribution < 1.29 is 8.42 Å². The zero-order valence-corrected chi connectivity index (χ0v) is 12.9. The Morgan fingerprint density at radius 3 is 2.65 bits per heavy atom. The summed E-state index contributed by atoms with van der Waals surface area (Å²) < 4.78 is 27.1. The van der Waals surface area contributed by atoms with Gasteiger partial charge in [-0.15, -0.1) is 0 Å². The minimum atomic E-state index is -3.59. The number of anilines is 1. The number of hydrogen-bond acceptors (Lipinski definition) is 5. The maximum atomic E-state index is 12.2. The van der Waals surface area contributed by atoms with E-state index in [1.807, 2.05) is 0 Å². The smallest absolute Gasteiger partial charge is 0.242 e. The van der Waals surface area contributed by atoms with Crippen LogP contribution in [0.1, 0.15) is 32.6 Å². The summed E-state index contributed by atoms with van der Waals surface area (Å²) in [4.78, 5) is 3.92. The summed E-state index contributed by atoms with van der Waals surface area (Å²) in [7, 11) is -3.59. The molecule has 2 rings (SSSR count). The molecule has 0 unspecified atom stereocenters. The molecule has 1 aliphatic carbocycles. The van der Waals surface area contributed by atoms with Crippen molar-refractivity contribution in [3.63, 3.8) is 0 Å². The second-order valence-electron chi connectivity index (χ2n) is 5.18. The molecule has 0 aliphatic heterocycles. The van der Waals surface area contributed by atoms with Crippen LogP contribution in [0, 0.1) is 5.41 Å². The van der Waals surface area contributed by atoms with Gasteiger partial charge in [-0.1, -0.05) is 24.9 Å². The summed E-state index contributed by atoms with van der Waals surface area (Å²) in [5, 5.41) is 0.171. The molecule has 1 aromatic rings. The Morgan fingerprint density at radius 2 is 2.20 bits per heavy atom. The van der Waals surface area contributed by atoms with Gasteiger partial charge in [0.1, 0.15) is 4.90 Å². The SMILES string of the molecule is CCC1(CNS(=O)(=O)c2cnc(NN)c(Cl)c2)CCC1. The number of nitrogens with two attached hydrogens (primary N) is 1. The van der Waals surface area contributed by atoms with Crippen molar-refractivity contribution in [1.82, 2.24) is 9.71 Å². The van der Waals surface area contributed by atoms with Gasteiger partial charge >= 0.3 is 0 Å². The number of hydrazine groups is 1. The lowest BCUT2D eigenvalue weighted by Crippen LogP contribution is -2.41. The highest BCUT2D eigenvalue weighted by molar-refractivity contribution is 7.89. The standard InChI is InChI=1S/C12H19ClN4O2S/c1-2-12(4-3-5-12)8-16-20(18,19)9-6-10(13)11(17-14)15-7-9/h6-7,16H,2-5,8,14H2,1H3,(H,15,17). The van der Waals surface area contributed by atoms with Crippen molar-refractivity contribution in [2.45, 2.75) is 37.5 Å². The summed E-state index contributed by atoms with van der Waals surface area (Å²) in [6.07, 6.45) is 5.52. The molecule has 112 valence electrons. The molecule has 1 aromatic heterocycles. The first kappa shape index (κ1) is 15.5. The van der Waals surface area contributed by atoms with Crippen LogP contribution in [-0.4, -0.2) is 19.9 Å². The van der Waals surface area contributed by atoms with Crippen molar-refractivity contribution >= 4 is 27.4 Å². The Hall–Kier alpha value is -0.890. The number of nitrogens with one attached hydrogen (secondary N) is 2. The maximum absolute atomic E-state index is 12.2. The van der Waals surface area contributed by atoms with E-state index in [9.17, 15) is 8.42 Å². The molecule has 6 nitrogen and oxygen atoms in total. The van der Waals surface area contributed by atoms with Crippen LogP contribution in [0.25, 0.3) is 0 Å². The van der Waals surface area contributed by atoms with E-state index in [1.54, 1.807) is 0 Å². The fourth-order valence-corrected chi connectivity index (χ4v) is 3.75. The van der Waals surface area contributed by atoms with Gasteiger partial charge in [0.15, 0.2) is 5.82 Å². The van der Waals surface area contributed by atoms with E-state index in [1.165, 1.54) is 18.7 Å². The van der Waals surface area contributed by atoms with Gasteiger partial charge in [-0.05, 0) is 30.7 Å². The van der Waals surface area contributed by atoms with Crippen molar-refractivity contribution in [1.29, 1.82) is 0 Å². The van der Waals surface area contributed by atoms with Crippen LogP contribution in [0.4, 0.5) is 5.82 Å². The van der Waals surface area contributed by atoms with Crippen molar-refractivity contribution in [3.8, 4) is 0 Å². The molecule has 1 saturated carbocycles. The van der Waals surface area contributed by atoms with E-state index in [2.05, 4.69) is 22.1 Å². The highest BCUT2D eigenvalue weighted by Gasteiger charge is 2.36. The zero-order valence-electron chi connectivity index (χ0n) is 11.3. The van der Waals surface area contributed by atoms with Crippen LogP contribution in [0.15, 0.2) is 17.2 Å². The van der Waals surface area contributed by atoms with Crippen LogP contribution in [0.5, 0.6) is 0 Å². The number of aromatic nitrogens is 1. The van der Waals surface area contributed by atoms with Crippen LogP contribution in [-0.2, 0) is 10.0 Å². The lowest BCUT2D eigenvalue weighted by molar-refractivity contribution is 0.133. The van der Waals surface area contributed by atoms with Crippen molar-refractivity contribution in [2.75, 3.05) is 12.0 Å². The van der Waals surface area contributed by atoms with Crippen LogP contribution in [0.2, 0.25) is 5.02 Å². The average Bonchev–Trinajstić information content (AvgIpc) is 2.38. The monoisotopic (exact) mass is 318 g/mol. The molecule has 0 bridgehead atoms. The molecule has 0 aromatic carbocycles.